The maximum Gasteiger partial charge on any atom is 0.433 e. The van der Waals surface area contributed by atoms with Crippen LogP contribution in [0.15, 0.2) is 29.2 Å². The van der Waals surface area contributed by atoms with Crippen molar-refractivity contribution >= 4 is 46.7 Å². The van der Waals surface area contributed by atoms with E-state index in [0.717, 1.165) is 4.90 Å². The lowest BCUT2D eigenvalue weighted by Crippen LogP contribution is -2.48. The number of alkyl halides is 3. The minimum Gasteiger partial charge on any atom is -0.465 e. The first-order valence-corrected chi connectivity index (χ1v) is 14.1. The van der Waals surface area contributed by atoms with Crippen LogP contribution < -0.4 is 11.1 Å². The predicted molar refractivity (Wildman–Crippen MR) is 149 cm³/mol. The van der Waals surface area contributed by atoms with Crippen LogP contribution in [-0.4, -0.2) is 69.3 Å². The van der Waals surface area contributed by atoms with Crippen LogP contribution >= 0.6 is 23.2 Å². The molecule has 0 atom stereocenters. The molecule has 2 saturated carbocycles. The number of hydrogen-bond acceptors (Lipinski definition) is 6. The lowest BCUT2D eigenvalue weighted by molar-refractivity contribution is -0.130. The highest BCUT2D eigenvalue weighted by molar-refractivity contribution is 6.39. The number of hydrogen-bond donors (Lipinski definition) is 3. The summed E-state index contributed by atoms with van der Waals surface area (Å²) in [7, 11) is 0. The molecule has 0 saturated heterocycles. The molecule has 1 aromatic heterocycles. The zero-order valence-electron chi connectivity index (χ0n) is 22.8. The summed E-state index contributed by atoms with van der Waals surface area (Å²) in [5, 5.41) is 11.2. The summed E-state index contributed by atoms with van der Waals surface area (Å²) in [5.41, 5.74) is 3.28. The lowest BCUT2D eigenvalue weighted by atomic mass is 9.75. The number of rotatable bonds is 8. The van der Waals surface area contributed by atoms with E-state index >= 15 is 0 Å². The molecule has 9 nitrogen and oxygen atoms in total. The topological polar surface area (TPSA) is 138 Å². The van der Waals surface area contributed by atoms with E-state index in [1.54, 1.807) is 0 Å². The van der Waals surface area contributed by atoms with Crippen molar-refractivity contribution in [1.29, 1.82) is 0 Å². The van der Waals surface area contributed by atoms with Gasteiger partial charge in [0.2, 0.25) is 0 Å². The third-order valence-corrected chi connectivity index (χ3v) is 8.29. The van der Waals surface area contributed by atoms with Crippen LogP contribution in [0.5, 0.6) is 0 Å². The molecule has 1 aromatic rings. The molecule has 2 fully saturated rings. The van der Waals surface area contributed by atoms with Crippen molar-refractivity contribution in [1.82, 2.24) is 15.2 Å². The number of nitrogens with zero attached hydrogens (tertiary/aromatic N) is 3. The zero-order chi connectivity index (χ0) is 30.5. The van der Waals surface area contributed by atoms with E-state index in [1.807, 2.05) is 0 Å². The first-order chi connectivity index (χ1) is 19.1. The molecule has 0 aliphatic heterocycles. The van der Waals surface area contributed by atoms with Crippen molar-refractivity contribution in [2.75, 3.05) is 6.54 Å². The summed E-state index contributed by atoms with van der Waals surface area (Å²) in [4.78, 5) is 47.0. The number of ketones is 1. The normalized spacial score (nSPS) is 22.2. The van der Waals surface area contributed by atoms with Crippen molar-refractivity contribution in [3.05, 3.63) is 39.8 Å². The Morgan fingerprint density at radius 3 is 2.17 bits per heavy atom. The fraction of sp³-hybridized carbons (Fsp3) is 0.593. The lowest BCUT2D eigenvalue weighted by Gasteiger charge is -2.40. The van der Waals surface area contributed by atoms with Gasteiger partial charge in [0.15, 0.2) is 11.5 Å². The number of aromatic nitrogens is 1. The van der Waals surface area contributed by atoms with Crippen molar-refractivity contribution in [3.63, 3.8) is 0 Å². The van der Waals surface area contributed by atoms with Gasteiger partial charge in [0.05, 0.1) is 33.8 Å². The van der Waals surface area contributed by atoms with Crippen molar-refractivity contribution in [2.24, 2.45) is 16.1 Å². The van der Waals surface area contributed by atoms with E-state index in [4.69, 9.17) is 34.0 Å². The number of nitrogens with two attached hydrogens (primary N) is 1. The number of pyridine rings is 1. The number of aliphatic imine (C=N–C) groups is 1. The Morgan fingerprint density at radius 2 is 1.68 bits per heavy atom. The van der Waals surface area contributed by atoms with Gasteiger partial charge in [-0.2, -0.15) is 13.2 Å². The third-order valence-electron chi connectivity index (χ3n) is 7.71. The highest BCUT2D eigenvalue weighted by Gasteiger charge is 2.44. The second-order valence-electron chi connectivity index (χ2n) is 11.2. The Morgan fingerprint density at radius 1 is 1.12 bits per heavy atom. The molecular formula is C27H34Cl2F3N5O4. The predicted octanol–water partition coefficient (Wildman–Crippen LogP) is 5.79. The largest absolute Gasteiger partial charge is 0.465 e. The van der Waals surface area contributed by atoms with Gasteiger partial charge in [0, 0.05) is 30.7 Å². The number of halogens is 5. The van der Waals surface area contributed by atoms with Crippen LogP contribution in [0.4, 0.5) is 18.0 Å². The summed E-state index contributed by atoms with van der Waals surface area (Å²) in [6.45, 7) is 3.57. The number of Topliss-reactive ketones (excluding diaryl/α,β-unsaturated/α-hetero) is 1. The number of carboxylic acid groups (broad SMARTS) is 1. The van der Waals surface area contributed by atoms with Crippen molar-refractivity contribution in [2.45, 2.75) is 89.5 Å². The molecule has 226 valence electrons. The fourth-order valence-electron chi connectivity index (χ4n) is 5.38. The van der Waals surface area contributed by atoms with E-state index < -0.39 is 53.9 Å². The SMILES string of the molecule is CC1(C)CCC(N(CC(=O)c2c(Cl)cncc2Cl)C(=O)C(=CN)C(=NC2CCC(NC(=O)O)CC2)C(F)(F)F)CC1. The van der Waals surface area contributed by atoms with Gasteiger partial charge in [-0.25, -0.2) is 4.79 Å². The summed E-state index contributed by atoms with van der Waals surface area (Å²) < 4.78 is 43.1. The Balaban J connectivity index is 1.94. The Kier molecular flexibility index (Phi) is 10.7. The summed E-state index contributed by atoms with van der Waals surface area (Å²) in [6, 6.07) is -1.70. The van der Waals surface area contributed by atoms with Gasteiger partial charge in [-0.3, -0.25) is 19.6 Å². The van der Waals surface area contributed by atoms with Gasteiger partial charge in [0.1, 0.15) is 0 Å². The van der Waals surface area contributed by atoms with E-state index in [9.17, 15) is 27.6 Å². The molecule has 0 unspecified atom stereocenters. The number of amides is 2. The minimum atomic E-state index is -5.01. The zero-order valence-corrected chi connectivity index (χ0v) is 24.3. The smallest absolute Gasteiger partial charge is 0.433 e. The average molecular weight is 621 g/mol. The highest BCUT2D eigenvalue weighted by atomic mass is 35.5. The first-order valence-electron chi connectivity index (χ1n) is 13.3. The summed E-state index contributed by atoms with van der Waals surface area (Å²) in [5.74, 6) is -1.71. The second-order valence-corrected chi connectivity index (χ2v) is 12.1. The van der Waals surface area contributed by atoms with Crippen LogP contribution in [0.2, 0.25) is 10.0 Å². The van der Waals surface area contributed by atoms with Crippen LogP contribution in [0.25, 0.3) is 0 Å². The molecule has 0 spiro atoms. The molecule has 3 rings (SSSR count). The Bertz CT molecular complexity index is 1180. The first kappa shape index (κ1) is 32.7. The molecule has 4 N–H and O–H groups in total. The molecule has 14 heteroatoms. The molecule has 41 heavy (non-hydrogen) atoms. The fourth-order valence-corrected chi connectivity index (χ4v) is 5.96. The summed E-state index contributed by atoms with van der Waals surface area (Å²) in [6.07, 6.45) is 0.118. The van der Waals surface area contributed by atoms with Crippen LogP contribution in [0, 0.1) is 5.41 Å². The number of carbonyl (C=O) groups is 3. The highest BCUT2D eigenvalue weighted by Crippen LogP contribution is 2.38. The standard InChI is InChI=1S/C27H34Cl2F3N5O4/c1-26(2)9-7-17(8-10-26)37(14-21(38)22-19(28)12-34-13-20(22)29)24(39)18(11-33)23(27(30,31)32)35-15-3-5-16(6-4-15)36-25(40)41/h11-13,15-17,36H,3-10,14,33H2,1-2H3,(H,40,41). The van der Waals surface area contributed by atoms with E-state index in [2.05, 4.69) is 29.1 Å². The van der Waals surface area contributed by atoms with Crippen LogP contribution in [-0.2, 0) is 4.79 Å². The van der Waals surface area contributed by atoms with Crippen molar-refractivity contribution < 1.29 is 32.7 Å². The van der Waals surface area contributed by atoms with Crippen molar-refractivity contribution in [3.8, 4) is 0 Å². The van der Waals surface area contributed by atoms with Crippen LogP contribution in [0.3, 0.4) is 0 Å². The molecular weight excluding hydrogens is 586 g/mol. The number of carbonyl (C=O) groups excluding carboxylic acids is 2. The molecule has 0 radical (unpaired) electrons. The van der Waals surface area contributed by atoms with Gasteiger partial charge < -0.3 is 21.1 Å². The Labute approximate surface area is 246 Å². The minimum absolute atomic E-state index is 0.0214. The molecule has 2 amide bonds. The van der Waals surface area contributed by atoms with E-state index in [-0.39, 0.29) is 39.9 Å². The van der Waals surface area contributed by atoms with Gasteiger partial charge in [-0.1, -0.05) is 37.0 Å². The average Bonchev–Trinajstić information content (AvgIpc) is 2.87. The van der Waals surface area contributed by atoms with Gasteiger partial charge >= 0.3 is 12.3 Å². The monoisotopic (exact) mass is 619 g/mol. The maximum atomic E-state index is 14.4. The quantitative estimate of drug-likeness (QED) is 0.191. The van der Waals surface area contributed by atoms with Gasteiger partial charge in [0.25, 0.3) is 5.91 Å². The van der Waals surface area contributed by atoms with Gasteiger partial charge in [-0.15, -0.1) is 0 Å². The molecule has 1 heterocycles. The molecule has 0 aromatic carbocycles. The molecule has 2 aliphatic carbocycles. The maximum absolute atomic E-state index is 14.4. The summed E-state index contributed by atoms with van der Waals surface area (Å²) >= 11 is 12.3. The second kappa shape index (κ2) is 13.4. The van der Waals surface area contributed by atoms with E-state index in [1.165, 1.54) is 12.4 Å². The van der Waals surface area contributed by atoms with Gasteiger partial charge in [-0.05, 0) is 56.8 Å². The molecule has 2 aliphatic rings. The molecule has 0 bridgehead atoms. The van der Waals surface area contributed by atoms with Crippen LogP contribution in [0.1, 0.15) is 75.6 Å². The third kappa shape index (κ3) is 8.57. The number of nitrogens with one attached hydrogen (secondary N) is 1. The van der Waals surface area contributed by atoms with E-state index in [0.29, 0.717) is 44.7 Å². The Hall–Kier alpha value is -2.86.